The third-order valence-electron chi connectivity index (χ3n) is 11.5. The van der Waals surface area contributed by atoms with Crippen molar-refractivity contribution in [2.45, 2.75) is 173 Å². The van der Waals surface area contributed by atoms with Crippen molar-refractivity contribution in [1.29, 1.82) is 0 Å². The lowest BCUT2D eigenvalue weighted by molar-refractivity contribution is 0.143. The van der Waals surface area contributed by atoms with Gasteiger partial charge in [-0.25, -0.2) is 0 Å². The van der Waals surface area contributed by atoms with Crippen LogP contribution in [0.15, 0.2) is 36.4 Å². The fourth-order valence-electron chi connectivity index (χ4n) is 8.68. The first-order valence-corrected chi connectivity index (χ1v) is 21.0. The maximum Gasteiger partial charge on any atom is 0.493 e. The minimum atomic E-state index is -0.255. The highest BCUT2D eigenvalue weighted by Gasteiger charge is 2.44. The number of unbranched alkanes of at least 4 members (excludes halogenated alkanes) is 18. The Morgan fingerprint density at radius 1 is 0.449 bits per heavy atom. The summed E-state index contributed by atoms with van der Waals surface area (Å²) in [6.45, 7) is 7.70. The summed E-state index contributed by atoms with van der Waals surface area (Å²) in [6.07, 6.45) is 31.7. The van der Waals surface area contributed by atoms with Crippen molar-refractivity contribution in [2.75, 3.05) is 26.4 Å². The van der Waals surface area contributed by atoms with Crippen LogP contribution in [0.3, 0.4) is 0 Å². The summed E-state index contributed by atoms with van der Waals surface area (Å²) in [5.41, 5.74) is 8.19. The van der Waals surface area contributed by atoms with Crippen molar-refractivity contribution in [2.24, 2.45) is 0 Å². The van der Waals surface area contributed by atoms with Crippen molar-refractivity contribution < 1.29 is 18.6 Å². The van der Waals surface area contributed by atoms with Gasteiger partial charge in [0, 0.05) is 31.8 Å². The Bertz CT molecular complexity index is 1110. The van der Waals surface area contributed by atoms with Crippen LogP contribution >= 0.6 is 0 Å². The largest absolute Gasteiger partial charge is 0.493 e. The zero-order valence-corrected chi connectivity index (χ0v) is 31.6. The van der Waals surface area contributed by atoms with E-state index in [1.165, 1.54) is 174 Å². The Labute approximate surface area is 301 Å². The quantitative estimate of drug-likeness (QED) is 0.0823. The van der Waals surface area contributed by atoms with E-state index in [0.717, 1.165) is 39.3 Å². The molecule has 6 heteroatoms. The molecule has 0 bridgehead atoms. The Hall–Kier alpha value is -1.59. The fraction of sp³-hybridized carbons (Fsp3) is 0.721. The lowest BCUT2D eigenvalue weighted by Gasteiger charge is -2.34. The maximum absolute atomic E-state index is 6.15. The average Bonchev–Trinajstić information content (AvgIpc) is 3.42. The molecular formula is C43H68B2O4. The molecule has 4 nitrogen and oxygen atoms in total. The van der Waals surface area contributed by atoms with Crippen LogP contribution in [0.25, 0.3) is 11.1 Å². The van der Waals surface area contributed by atoms with Gasteiger partial charge in [0.2, 0.25) is 0 Å². The Kier molecular flexibility index (Phi) is 17.1. The molecule has 0 unspecified atom stereocenters. The molecule has 49 heavy (non-hydrogen) atoms. The standard InChI is InChI=1S/C43H68B2O4/c1-3-5-7-9-11-13-15-17-19-21-29-43(30-22-20-18-16-14-12-10-8-6-4-2)41-35-37(44-46-31-23-32-47-44)25-27-39(41)40-28-26-38(36-42(40)43)45-48-33-24-34-49-45/h25-28,35-36H,3-24,29-34H2,1-2H3. The minimum Gasteiger partial charge on any atom is -0.407 e. The molecule has 3 aliphatic rings. The van der Waals surface area contributed by atoms with Gasteiger partial charge in [0.25, 0.3) is 0 Å². The van der Waals surface area contributed by atoms with E-state index < -0.39 is 0 Å². The van der Waals surface area contributed by atoms with Gasteiger partial charge in [-0.3, -0.25) is 0 Å². The lowest BCUT2D eigenvalue weighted by Crippen LogP contribution is -2.42. The summed E-state index contributed by atoms with van der Waals surface area (Å²) in [5.74, 6) is 0. The Morgan fingerprint density at radius 2 is 0.776 bits per heavy atom. The molecule has 2 heterocycles. The van der Waals surface area contributed by atoms with Gasteiger partial charge < -0.3 is 18.6 Å². The third-order valence-corrected chi connectivity index (χ3v) is 11.5. The van der Waals surface area contributed by atoms with Crippen LogP contribution in [0, 0.1) is 0 Å². The van der Waals surface area contributed by atoms with Gasteiger partial charge in [-0.05, 0) is 58.9 Å². The first-order valence-electron chi connectivity index (χ1n) is 21.0. The summed E-state index contributed by atoms with van der Waals surface area (Å²) in [7, 11) is -0.510. The van der Waals surface area contributed by atoms with E-state index in [-0.39, 0.29) is 19.7 Å². The highest BCUT2D eigenvalue weighted by atomic mass is 16.6. The highest BCUT2D eigenvalue weighted by Crippen LogP contribution is 2.53. The number of hydrogen-bond donors (Lipinski definition) is 0. The number of benzene rings is 2. The second kappa shape index (κ2) is 21.7. The average molecular weight is 671 g/mol. The van der Waals surface area contributed by atoms with Crippen LogP contribution < -0.4 is 10.9 Å². The number of fused-ring (bicyclic) bond motifs is 3. The number of rotatable bonds is 24. The second-order valence-corrected chi connectivity index (χ2v) is 15.4. The molecule has 0 N–H and O–H groups in total. The fourth-order valence-corrected chi connectivity index (χ4v) is 8.68. The summed E-state index contributed by atoms with van der Waals surface area (Å²) < 4.78 is 24.6. The maximum atomic E-state index is 6.15. The van der Waals surface area contributed by atoms with Crippen LogP contribution in [-0.4, -0.2) is 40.7 Å². The highest BCUT2D eigenvalue weighted by molar-refractivity contribution is 6.62. The van der Waals surface area contributed by atoms with Gasteiger partial charge in [0.1, 0.15) is 0 Å². The third kappa shape index (κ3) is 11.2. The van der Waals surface area contributed by atoms with E-state index >= 15 is 0 Å². The smallest absolute Gasteiger partial charge is 0.407 e. The summed E-state index contributed by atoms with van der Waals surface area (Å²) in [5, 5.41) is 0. The Balaban J connectivity index is 1.33. The molecular weight excluding hydrogens is 602 g/mol. The molecule has 2 aromatic carbocycles. The van der Waals surface area contributed by atoms with E-state index in [2.05, 4.69) is 50.2 Å². The molecule has 0 saturated carbocycles. The number of hydrogen-bond acceptors (Lipinski definition) is 4. The van der Waals surface area contributed by atoms with Crippen LogP contribution in [-0.2, 0) is 24.0 Å². The zero-order valence-electron chi connectivity index (χ0n) is 31.6. The second-order valence-electron chi connectivity index (χ2n) is 15.4. The van der Waals surface area contributed by atoms with Crippen molar-refractivity contribution in [3.8, 4) is 11.1 Å². The summed E-state index contributed by atoms with van der Waals surface area (Å²) in [6, 6.07) is 14.2. The van der Waals surface area contributed by atoms with Gasteiger partial charge in [0.05, 0.1) is 0 Å². The van der Waals surface area contributed by atoms with Gasteiger partial charge >= 0.3 is 14.2 Å². The molecule has 0 atom stereocenters. The van der Waals surface area contributed by atoms with Gasteiger partial charge in [-0.15, -0.1) is 0 Å². The first-order chi connectivity index (χ1) is 24.3. The van der Waals surface area contributed by atoms with E-state index in [0.29, 0.717) is 0 Å². The first kappa shape index (κ1) is 38.6. The van der Waals surface area contributed by atoms with Gasteiger partial charge in [-0.1, -0.05) is 179 Å². The molecule has 0 aromatic heterocycles. The Morgan fingerprint density at radius 3 is 1.12 bits per heavy atom. The van der Waals surface area contributed by atoms with Gasteiger partial charge in [-0.2, -0.15) is 0 Å². The SMILES string of the molecule is CCCCCCCCCCCCC1(CCCCCCCCCCCC)c2cc(B3OCCCO3)ccc2-c2ccc(B3OCCCO3)cc21. The van der Waals surface area contributed by atoms with E-state index in [4.69, 9.17) is 18.6 Å². The molecule has 0 radical (unpaired) electrons. The summed E-state index contributed by atoms with van der Waals surface area (Å²) >= 11 is 0. The molecule has 2 fully saturated rings. The van der Waals surface area contributed by atoms with Crippen molar-refractivity contribution in [3.63, 3.8) is 0 Å². The summed E-state index contributed by atoms with van der Waals surface area (Å²) in [4.78, 5) is 0. The zero-order chi connectivity index (χ0) is 34.0. The van der Waals surface area contributed by atoms with Crippen molar-refractivity contribution in [3.05, 3.63) is 47.5 Å². The van der Waals surface area contributed by atoms with Crippen LogP contribution in [0.4, 0.5) is 0 Å². The van der Waals surface area contributed by atoms with E-state index in [9.17, 15) is 0 Å². The molecule has 5 rings (SSSR count). The van der Waals surface area contributed by atoms with Crippen LogP contribution in [0.1, 0.15) is 179 Å². The van der Waals surface area contributed by atoms with E-state index in [1.807, 2.05) is 0 Å². The predicted molar refractivity (Wildman–Crippen MR) is 209 cm³/mol. The van der Waals surface area contributed by atoms with Crippen molar-refractivity contribution in [1.82, 2.24) is 0 Å². The van der Waals surface area contributed by atoms with Gasteiger partial charge in [0.15, 0.2) is 0 Å². The minimum absolute atomic E-state index is 0.000323. The molecule has 2 aliphatic heterocycles. The molecule has 2 aromatic rings. The molecule has 270 valence electrons. The topological polar surface area (TPSA) is 36.9 Å². The monoisotopic (exact) mass is 671 g/mol. The normalized spacial score (nSPS) is 17.0. The van der Waals surface area contributed by atoms with Crippen LogP contribution in [0.5, 0.6) is 0 Å². The molecule has 1 aliphatic carbocycles. The predicted octanol–water partition coefficient (Wildman–Crippen LogP) is 10.8. The van der Waals surface area contributed by atoms with Crippen molar-refractivity contribution >= 4 is 25.2 Å². The molecule has 0 amide bonds. The lowest BCUT2D eigenvalue weighted by atomic mass is 9.67. The molecule has 0 spiro atoms. The molecule has 2 saturated heterocycles. The van der Waals surface area contributed by atoms with Crippen LogP contribution in [0.2, 0.25) is 0 Å². The van der Waals surface area contributed by atoms with E-state index in [1.54, 1.807) is 0 Å².